The van der Waals surface area contributed by atoms with Gasteiger partial charge in [0.05, 0.1) is 31.9 Å². The molecule has 0 spiro atoms. The predicted octanol–water partition coefficient (Wildman–Crippen LogP) is 1.86. The number of ether oxygens (including phenoxy) is 2. The second-order valence-corrected chi connectivity index (χ2v) is 4.78. The second-order valence-electron chi connectivity index (χ2n) is 4.78. The SMILES string of the molecule is COc1cccc(OC)c1[C@H](N)[C@H](O)C1CCC1. The summed E-state index contributed by atoms with van der Waals surface area (Å²) in [4.78, 5) is 0. The number of benzene rings is 1. The maximum atomic E-state index is 10.3. The Morgan fingerprint density at radius 2 is 1.78 bits per heavy atom. The Hall–Kier alpha value is -1.26. The van der Waals surface area contributed by atoms with Crippen molar-refractivity contribution in [2.75, 3.05) is 14.2 Å². The van der Waals surface area contributed by atoms with Crippen LogP contribution in [-0.4, -0.2) is 25.4 Å². The van der Waals surface area contributed by atoms with Gasteiger partial charge in [0, 0.05) is 0 Å². The molecule has 1 saturated carbocycles. The summed E-state index contributed by atoms with van der Waals surface area (Å²) in [6, 6.07) is 5.06. The summed E-state index contributed by atoms with van der Waals surface area (Å²) >= 11 is 0. The lowest BCUT2D eigenvalue weighted by atomic mass is 9.77. The average molecular weight is 251 g/mol. The molecule has 1 fully saturated rings. The van der Waals surface area contributed by atoms with Crippen molar-refractivity contribution >= 4 is 0 Å². The van der Waals surface area contributed by atoms with Crippen molar-refractivity contribution in [3.05, 3.63) is 23.8 Å². The first-order chi connectivity index (χ1) is 8.69. The normalized spacial score (nSPS) is 18.9. The van der Waals surface area contributed by atoms with E-state index in [1.54, 1.807) is 14.2 Å². The van der Waals surface area contributed by atoms with Crippen LogP contribution in [0.5, 0.6) is 11.5 Å². The molecule has 0 saturated heterocycles. The van der Waals surface area contributed by atoms with Crippen molar-refractivity contribution in [1.82, 2.24) is 0 Å². The van der Waals surface area contributed by atoms with E-state index in [0.29, 0.717) is 17.4 Å². The molecule has 0 bridgehead atoms. The lowest BCUT2D eigenvalue weighted by Crippen LogP contribution is -2.36. The van der Waals surface area contributed by atoms with E-state index >= 15 is 0 Å². The molecule has 18 heavy (non-hydrogen) atoms. The standard InChI is InChI=1S/C14H21NO3/c1-17-10-7-4-8-11(18-2)12(10)13(15)14(16)9-5-3-6-9/h4,7-9,13-14,16H,3,5-6,15H2,1-2H3/t13-,14+/m0/s1. The molecule has 3 N–H and O–H groups in total. The van der Waals surface area contributed by atoms with Gasteiger partial charge < -0.3 is 20.3 Å². The largest absolute Gasteiger partial charge is 0.496 e. The number of nitrogens with two attached hydrogens (primary N) is 1. The van der Waals surface area contributed by atoms with Crippen LogP contribution in [0.25, 0.3) is 0 Å². The molecule has 1 aliphatic rings. The summed E-state index contributed by atoms with van der Waals surface area (Å²) in [5, 5.41) is 10.3. The van der Waals surface area contributed by atoms with Gasteiger partial charge in [0.1, 0.15) is 11.5 Å². The Kier molecular flexibility index (Phi) is 4.09. The van der Waals surface area contributed by atoms with E-state index in [4.69, 9.17) is 15.2 Å². The first kappa shape index (κ1) is 13.2. The molecule has 0 unspecified atom stereocenters. The van der Waals surface area contributed by atoms with Crippen LogP contribution in [0.15, 0.2) is 18.2 Å². The van der Waals surface area contributed by atoms with Crippen molar-refractivity contribution in [3.8, 4) is 11.5 Å². The monoisotopic (exact) mass is 251 g/mol. The minimum absolute atomic E-state index is 0.301. The first-order valence-electron chi connectivity index (χ1n) is 6.33. The number of methoxy groups -OCH3 is 2. The van der Waals surface area contributed by atoms with Gasteiger partial charge in [-0.25, -0.2) is 0 Å². The van der Waals surface area contributed by atoms with Gasteiger partial charge in [0.15, 0.2) is 0 Å². The lowest BCUT2D eigenvalue weighted by molar-refractivity contribution is 0.0401. The molecule has 0 aromatic heterocycles. The van der Waals surface area contributed by atoms with Crippen LogP contribution in [0, 0.1) is 5.92 Å². The topological polar surface area (TPSA) is 64.7 Å². The van der Waals surface area contributed by atoms with E-state index in [1.165, 1.54) is 6.42 Å². The summed E-state index contributed by atoms with van der Waals surface area (Å²) in [6.07, 6.45) is 2.74. The van der Waals surface area contributed by atoms with Crippen LogP contribution in [0.2, 0.25) is 0 Å². The van der Waals surface area contributed by atoms with Gasteiger partial charge in [-0.2, -0.15) is 0 Å². The molecule has 4 nitrogen and oxygen atoms in total. The third kappa shape index (κ3) is 2.31. The van der Waals surface area contributed by atoms with Gasteiger partial charge in [-0.15, -0.1) is 0 Å². The van der Waals surface area contributed by atoms with E-state index in [1.807, 2.05) is 18.2 Å². The van der Waals surface area contributed by atoms with Crippen LogP contribution in [0.4, 0.5) is 0 Å². The summed E-state index contributed by atoms with van der Waals surface area (Å²) in [5.41, 5.74) is 6.94. The Morgan fingerprint density at radius 1 is 1.22 bits per heavy atom. The van der Waals surface area contributed by atoms with Crippen LogP contribution in [-0.2, 0) is 0 Å². The molecule has 0 radical (unpaired) electrons. The zero-order valence-electron chi connectivity index (χ0n) is 10.9. The predicted molar refractivity (Wildman–Crippen MR) is 69.8 cm³/mol. The molecule has 4 heteroatoms. The summed E-state index contributed by atoms with van der Waals surface area (Å²) in [6.45, 7) is 0. The van der Waals surface area contributed by atoms with Crippen LogP contribution < -0.4 is 15.2 Å². The second kappa shape index (κ2) is 5.59. The minimum atomic E-state index is -0.538. The summed E-state index contributed by atoms with van der Waals surface area (Å²) in [7, 11) is 3.20. The van der Waals surface area contributed by atoms with Gasteiger partial charge in [-0.1, -0.05) is 12.5 Å². The summed E-state index contributed by atoms with van der Waals surface area (Å²) in [5.74, 6) is 1.63. The Morgan fingerprint density at radius 3 is 2.17 bits per heavy atom. The lowest BCUT2D eigenvalue weighted by Gasteiger charge is -2.34. The van der Waals surface area contributed by atoms with Crippen molar-refractivity contribution in [3.63, 3.8) is 0 Å². The number of hydrogen-bond donors (Lipinski definition) is 2. The average Bonchev–Trinajstić information content (AvgIpc) is 2.34. The number of rotatable bonds is 5. The molecular weight excluding hydrogens is 230 g/mol. The third-order valence-corrected chi connectivity index (χ3v) is 3.80. The van der Waals surface area contributed by atoms with Crippen molar-refractivity contribution in [2.45, 2.75) is 31.4 Å². The van der Waals surface area contributed by atoms with E-state index in [-0.39, 0.29) is 0 Å². The molecule has 100 valence electrons. The van der Waals surface area contributed by atoms with Crippen molar-refractivity contribution in [2.24, 2.45) is 11.7 Å². The fourth-order valence-corrected chi connectivity index (χ4v) is 2.45. The number of aliphatic hydroxyl groups is 1. The van der Waals surface area contributed by atoms with Gasteiger partial charge in [-0.3, -0.25) is 0 Å². The zero-order chi connectivity index (χ0) is 13.1. The zero-order valence-corrected chi connectivity index (χ0v) is 10.9. The van der Waals surface area contributed by atoms with E-state index in [9.17, 15) is 5.11 Å². The van der Waals surface area contributed by atoms with Crippen LogP contribution in [0.1, 0.15) is 30.9 Å². The highest BCUT2D eigenvalue weighted by Crippen LogP contribution is 2.40. The molecule has 1 aliphatic carbocycles. The van der Waals surface area contributed by atoms with E-state index < -0.39 is 12.1 Å². The van der Waals surface area contributed by atoms with Gasteiger partial charge in [0.25, 0.3) is 0 Å². The molecule has 2 atom stereocenters. The molecule has 0 heterocycles. The first-order valence-corrected chi connectivity index (χ1v) is 6.33. The minimum Gasteiger partial charge on any atom is -0.496 e. The molecular formula is C14H21NO3. The highest BCUT2D eigenvalue weighted by Gasteiger charge is 2.33. The van der Waals surface area contributed by atoms with Crippen LogP contribution in [0.3, 0.4) is 0 Å². The Bertz CT molecular complexity index is 382. The fourth-order valence-electron chi connectivity index (χ4n) is 2.45. The Balaban J connectivity index is 2.29. The van der Waals surface area contributed by atoms with Crippen molar-refractivity contribution in [1.29, 1.82) is 0 Å². The summed E-state index contributed by atoms with van der Waals surface area (Å²) < 4.78 is 10.6. The van der Waals surface area contributed by atoms with Gasteiger partial charge >= 0.3 is 0 Å². The maximum absolute atomic E-state index is 10.3. The molecule has 1 aromatic rings. The van der Waals surface area contributed by atoms with Crippen LogP contribution >= 0.6 is 0 Å². The van der Waals surface area contributed by atoms with Gasteiger partial charge in [0.2, 0.25) is 0 Å². The third-order valence-electron chi connectivity index (χ3n) is 3.80. The maximum Gasteiger partial charge on any atom is 0.127 e. The highest BCUT2D eigenvalue weighted by atomic mass is 16.5. The van der Waals surface area contributed by atoms with Gasteiger partial charge in [-0.05, 0) is 30.9 Å². The number of aliphatic hydroxyl groups excluding tert-OH is 1. The molecule has 2 rings (SSSR count). The highest BCUT2D eigenvalue weighted by molar-refractivity contribution is 5.47. The molecule has 0 amide bonds. The van der Waals surface area contributed by atoms with E-state index in [0.717, 1.165) is 18.4 Å². The smallest absolute Gasteiger partial charge is 0.127 e. The number of hydrogen-bond acceptors (Lipinski definition) is 4. The van der Waals surface area contributed by atoms with E-state index in [2.05, 4.69) is 0 Å². The van der Waals surface area contributed by atoms with Crippen molar-refractivity contribution < 1.29 is 14.6 Å². The fraction of sp³-hybridized carbons (Fsp3) is 0.571. The quantitative estimate of drug-likeness (QED) is 0.838. The molecule has 0 aliphatic heterocycles. The Labute approximate surface area is 108 Å². The molecule has 1 aromatic carbocycles.